The van der Waals surface area contributed by atoms with Gasteiger partial charge in [0.1, 0.15) is 5.78 Å². The fourth-order valence-electron chi connectivity index (χ4n) is 2.64. The molecule has 0 aromatic rings. The Morgan fingerprint density at radius 3 is 2.67 bits per heavy atom. The molecule has 2 bridgehead atoms. The monoisotopic (exact) mass is 164 g/mol. The summed E-state index contributed by atoms with van der Waals surface area (Å²) in [6, 6.07) is 0. The summed E-state index contributed by atoms with van der Waals surface area (Å²) in [5, 5.41) is 0. The molecule has 0 N–H and O–H groups in total. The maximum absolute atomic E-state index is 11.3. The highest BCUT2D eigenvalue weighted by Crippen LogP contribution is 2.48. The molecule has 3 rings (SSSR count). The van der Waals surface area contributed by atoms with Crippen LogP contribution >= 0.6 is 0 Å². The summed E-state index contributed by atoms with van der Waals surface area (Å²) >= 11 is 0. The normalized spacial score (nSPS) is 44.8. The Morgan fingerprint density at radius 2 is 2.33 bits per heavy atom. The second-order valence-corrected chi connectivity index (χ2v) is 4.64. The first-order valence-corrected chi connectivity index (χ1v) is 4.81. The molecule has 0 aromatic heterocycles. The van der Waals surface area contributed by atoms with E-state index < -0.39 is 0 Å². The average molecular weight is 164 g/mol. The van der Waals surface area contributed by atoms with Gasteiger partial charge in [0.25, 0.3) is 0 Å². The molecule has 0 amide bonds. The Bertz CT molecular complexity index is 241. The van der Waals surface area contributed by atoms with E-state index in [0.29, 0.717) is 23.0 Å². The molecule has 0 aliphatic heterocycles. The molecule has 1 saturated carbocycles. The number of fused-ring (bicyclic) bond motifs is 2. The lowest BCUT2D eigenvalue weighted by Gasteiger charge is -2.43. The van der Waals surface area contributed by atoms with E-state index in [0.717, 1.165) is 6.42 Å². The molecule has 0 unspecified atom stereocenters. The zero-order valence-electron chi connectivity index (χ0n) is 7.84. The van der Waals surface area contributed by atoms with E-state index >= 15 is 0 Å². The SMILES string of the molecule is CC(=O)[C@@H]1C[C@@]2(C)C=C[C@@H]1CC2. The fraction of sp³-hybridized carbons (Fsp3) is 0.727. The van der Waals surface area contributed by atoms with Gasteiger partial charge in [-0.05, 0) is 37.5 Å². The lowest BCUT2D eigenvalue weighted by atomic mass is 9.60. The van der Waals surface area contributed by atoms with Crippen LogP contribution in [0, 0.1) is 17.3 Å². The van der Waals surface area contributed by atoms with Gasteiger partial charge in [0.15, 0.2) is 0 Å². The average Bonchev–Trinajstić information content (AvgIpc) is 2.04. The number of ketones is 1. The Morgan fingerprint density at radius 1 is 1.58 bits per heavy atom. The standard InChI is InChI=1S/C11H16O/c1-8(12)10-7-11(2)5-3-9(10)4-6-11/h3,5,9-10H,4,6-7H2,1-2H3/t9-,10+,11+/m1/s1. The minimum absolute atomic E-state index is 0.328. The van der Waals surface area contributed by atoms with Gasteiger partial charge in [0.05, 0.1) is 0 Å². The molecule has 3 aliphatic rings. The maximum Gasteiger partial charge on any atom is 0.133 e. The van der Waals surface area contributed by atoms with Crippen LogP contribution in [0.25, 0.3) is 0 Å². The summed E-state index contributed by atoms with van der Waals surface area (Å²) < 4.78 is 0. The van der Waals surface area contributed by atoms with Crippen LogP contribution in [0.5, 0.6) is 0 Å². The van der Waals surface area contributed by atoms with Crippen LogP contribution in [0.3, 0.4) is 0 Å². The summed E-state index contributed by atoms with van der Waals surface area (Å²) in [7, 11) is 0. The predicted molar refractivity (Wildman–Crippen MR) is 48.8 cm³/mol. The van der Waals surface area contributed by atoms with Gasteiger partial charge in [-0.15, -0.1) is 0 Å². The number of carbonyl (C=O) groups excluding carboxylic acids is 1. The topological polar surface area (TPSA) is 17.1 Å². The number of allylic oxidation sites excluding steroid dienone is 2. The molecule has 0 spiro atoms. The number of carbonyl (C=O) groups is 1. The van der Waals surface area contributed by atoms with Crippen LogP contribution in [-0.4, -0.2) is 5.78 Å². The molecule has 0 heterocycles. The lowest BCUT2D eigenvalue weighted by molar-refractivity contribution is -0.124. The predicted octanol–water partition coefficient (Wildman–Crippen LogP) is 2.57. The van der Waals surface area contributed by atoms with E-state index in [1.807, 2.05) is 0 Å². The van der Waals surface area contributed by atoms with E-state index in [2.05, 4.69) is 19.1 Å². The first kappa shape index (κ1) is 8.03. The van der Waals surface area contributed by atoms with Crippen LogP contribution in [0.4, 0.5) is 0 Å². The lowest BCUT2D eigenvalue weighted by Crippen LogP contribution is -2.37. The van der Waals surface area contributed by atoms with Crippen LogP contribution in [0.15, 0.2) is 12.2 Å². The van der Waals surface area contributed by atoms with Gasteiger partial charge in [0, 0.05) is 5.92 Å². The highest BCUT2D eigenvalue weighted by molar-refractivity contribution is 5.79. The maximum atomic E-state index is 11.3. The Balaban J connectivity index is 2.25. The molecule has 0 saturated heterocycles. The minimum atomic E-state index is 0.328. The first-order valence-electron chi connectivity index (χ1n) is 4.81. The number of hydrogen-bond donors (Lipinski definition) is 0. The van der Waals surface area contributed by atoms with Crippen molar-refractivity contribution in [2.24, 2.45) is 17.3 Å². The van der Waals surface area contributed by atoms with Crippen molar-refractivity contribution < 1.29 is 4.79 Å². The second-order valence-electron chi connectivity index (χ2n) is 4.64. The van der Waals surface area contributed by atoms with Gasteiger partial charge in [-0.1, -0.05) is 19.1 Å². The third-order valence-corrected chi connectivity index (χ3v) is 3.52. The van der Waals surface area contributed by atoms with Crippen molar-refractivity contribution in [1.29, 1.82) is 0 Å². The minimum Gasteiger partial charge on any atom is -0.300 e. The summed E-state index contributed by atoms with van der Waals surface area (Å²) in [6.45, 7) is 4.01. The van der Waals surface area contributed by atoms with E-state index in [1.54, 1.807) is 6.92 Å². The molecular formula is C11H16O. The molecular weight excluding hydrogens is 148 g/mol. The van der Waals surface area contributed by atoms with Gasteiger partial charge < -0.3 is 0 Å². The van der Waals surface area contributed by atoms with Crippen LogP contribution in [-0.2, 0) is 4.79 Å². The summed E-state index contributed by atoms with van der Waals surface area (Å²) in [6.07, 6.45) is 8.17. The van der Waals surface area contributed by atoms with Crippen LogP contribution < -0.4 is 0 Å². The first-order chi connectivity index (χ1) is 5.61. The van der Waals surface area contributed by atoms with E-state index in [4.69, 9.17) is 0 Å². The van der Waals surface area contributed by atoms with Crippen molar-refractivity contribution in [3.8, 4) is 0 Å². The van der Waals surface area contributed by atoms with Gasteiger partial charge >= 0.3 is 0 Å². The van der Waals surface area contributed by atoms with Crippen molar-refractivity contribution in [2.75, 3.05) is 0 Å². The third kappa shape index (κ3) is 1.12. The summed E-state index contributed by atoms with van der Waals surface area (Å²) in [5.41, 5.74) is 0.338. The molecule has 66 valence electrons. The van der Waals surface area contributed by atoms with Crippen molar-refractivity contribution >= 4 is 5.78 Å². The molecule has 0 aromatic carbocycles. The highest BCUT2D eigenvalue weighted by atomic mass is 16.1. The second kappa shape index (κ2) is 2.45. The summed E-state index contributed by atoms with van der Waals surface area (Å²) in [4.78, 5) is 11.3. The van der Waals surface area contributed by atoms with E-state index in [9.17, 15) is 4.79 Å². The Hall–Kier alpha value is -0.590. The Labute approximate surface area is 73.8 Å². The van der Waals surface area contributed by atoms with Crippen molar-refractivity contribution in [2.45, 2.75) is 33.1 Å². The molecule has 1 fully saturated rings. The van der Waals surface area contributed by atoms with Gasteiger partial charge in [0.2, 0.25) is 0 Å². The van der Waals surface area contributed by atoms with Crippen molar-refractivity contribution in [3.63, 3.8) is 0 Å². The fourth-order valence-corrected chi connectivity index (χ4v) is 2.64. The molecule has 3 atom stereocenters. The largest absolute Gasteiger partial charge is 0.300 e. The quantitative estimate of drug-likeness (QED) is 0.544. The zero-order chi connectivity index (χ0) is 8.77. The van der Waals surface area contributed by atoms with Gasteiger partial charge in [-0.3, -0.25) is 4.79 Å². The smallest absolute Gasteiger partial charge is 0.133 e. The zero-order valence-corrected chi connectivity index (χ0v) is 7.84. The Kier molecular flexibility index (Phi) is 1.64. The van der Waals surface area contributed by atoms with Gasteiger partial charge in [-0.25, -0.2) is 0 Å². The van der Waals surface area contributed by atoms with Crippen molar-refractivity contribution in [1.82, 2.24) is 0 Å². The molecule has 12 heavy (non-hydrogen) atoms. The van der Waals surface area contributed by atoms with Gasteiger partial charge in [-0.2, -0.15) is 0 Å². The molecule has 3 aliphatic carbocycles. The highest BCUT2D eigenvalue weighted by Gasteiger charge is 2.40. The van der Waals surface area contributed by atoms with Crippen molar-refractivity contribution in [3.05, 3.63) is 12.2 Å². The third-order valence-electron chi connectivity index (χ3n) is 3.52. The van der Waals surface area contributed by atoms with E-state index in [1.165, 1.54) is 12.8 Å². The summed E-state index contributed by atoms with van der Waals surface area (Å²) in [5.74, 6) is 1.27. The number of rotatable bonds is 1. The van der Waals surface area contributed by atoms with E-state index in [-0.39, 0.29) is 0 Å². The van der Waals surface area contributed by atoms with Crippen LogP contribution in [0.1, 0.15) is 33.1 Å². The van der Waals surface area contributed by atoms with Crippen LogP contribution in [0.2, 0.25) is 0 Å². The molecule has 1 heteroatoms. The molecule has 1 nitrogen and oxygen atoms in total. The number of hydrogen-bond acceptors (Lipinski definition) is 1. The number of Topliss-reactive ketones (excluding diaryl/α,β-unsaturated/α-hetero) is 1. The molecule has 0 radical (unpaired) electrons.